The molecule has 2 aromatic rings. The third-order valence-electron chi connectivity index (χ3n) is 2.99. The second-order valence-electron chi connectivity index (χ2n) is 4.41. The molecule has 0 atom stereocenters. The van der Waals surface area contributed by atoms with Crippen LogP contribution in [0.25, 0.3) is 0 Å². The molecule has 0 saturated carbocycles. The van der Waals surface area contributed by atoms with Crippen LogP contribution in [0, 0.1) is 0 Å². The zero-order chi connectivity index (χ0) is 16.8. The van der Waals surface area contributed by atoms with Crippen molar-refractivity contribution in [3.63, 3.8) is 0 Å². The van der Waals surface area contributed by atoms with Gasteiger partial charge in [0, 0.05) is 11.6 Å². The van der Waals surface area contributed by atoms with Gasteiger partial charge >= 0.3 is 0 Å². The molecule has 7 heteroatoms. The van der Waals surface area contributed by atoms with E-state index in [1.54, 1.807) is 50.6 Å². The maximum atomic E-state index is 12.0. The van der Waals surface area contributed by atoms with Gasteiger partial charge in [0.1, 0.15) is 11.5 Å². The number of benzene rings is 2. The molecule has 0 aliphatic rings. The Bertz CT molecular complexity index is 750. The van der Waals surface area contributed by atoms with Crippen LogP contribution in [-0.2, 0) is 0 Å². The Kier molecular flexibility index (Phi) is 6.01. The molecule has 5 nitrogen and oxygen atoms in total. The lowest BCUT2D eigenvalue weighted by Crippen LogP contribution is -2.18. The minimum Gasteiger partial charge on any atom is -0.496 e. The molecule has 0 aliphatic heterocycles. The van der Waals surface area contributed by atoms with Crippen LogP contribution in [0.4, 0.5) is 0 Å². The smallest absolute Gasteiger partial charge is 0.272 e. The van der Waals surface area contributed by atoms with Gasteiger partial charge < -0.3 is 9.47 Å². The van der Waals surface area contributed by atoms with Gasteiger partial charge in [0.2, 0.25) is 0 Å². The standard InChI is InChI=1S/C16H14BrClN2O3/c1-22-14-8-15(23-2)12(17)7-10(14)9-19-20-16(21)11-5-3-4-6-13(11)18/h3-9H,1-2H3,(H,20,21)/b19-9-. The van der Waals surface area contributed by atoms with Crippen molar-refractivity contribution in [1.29, 1.82) is 0 Å². The molecule has 23 heavy (non-hydrogen) atoms. The van der Waals surface area contributed by atoms with Crippen LogP contribution in [0.1, 0.15) is 15.9 Å². The van der Waals surface area contributed by atoms with E-state index >= 15 is 0 Å². The molecule has 0 aliphatic carbocycles. The van der Waals surface area contributed by atoms with E-state index in [-0.39, 0.29) is 0 Å². The van der Waals surface area contributed by atoms with Crippen LogP contribution < -0.4 is 14.9 Å². The van der Waals surface area contributed by atoms with E-state index in [4.69, 9.17) is 21.1 Å². The van der Waals surface area contributed by atoms with Crippen LogP contribution in [0.5, 0.6) is 11.5 Å². The molecule has 0 radical (unpaired) electrons. The molecule has 2 rings (SSSR count). The first-order valence-electron chi connectivity index (χ1n) is 6.56. The largest absolute Gasteiger partial charge is 0.496 e. The minimum absolute atomic E-state index is 0.356. The van der Waals surface area contributed by atoms with Crippen LogP contribution >= 0.6 is 27.5 Å². The summed E-state index contributed by atoms with van der Waals surface area (Å²) in [5.74, 6) is 0.818. The van der Waals surface area contributed by atoms with Gasteiger partial charge in [-0.1, -0.05) is 23.7 Å². The molecule has 0 saturated heterocycles. The van der Waals surface area contributed by atoms with E-state index in [0.717, 1.165) is 4.47 Å². The Labute approximate surface area is 147 Å². The van der Waals surface area contributed by atoms with Crippen molar-refractivity contribution in [2.45, 2.75) is 0 Å². The van der Waals surface area contributed by atoms with Crippen molar-refractivity contribution < 1.29 is 14.3 Å². The van der Waals surface area contributed by atoms with Gasteiger partial charge in [-0.15, -0.1) is 0 Å². The van der Waals surface area contributed by atoms with Gasteiger partial charge in [-0.3, -0.25) is 4.79 Å². The fraction of sp³-hybridized carbons (Fsp3) is 0.125. The summed E-state index contributed by atoms with van der Waals surface area (Å²) in [7, 11) is 3.11. The van der Waals surface area contributed by atoms with Crippen LogP contribution in [-0.4, -0.2) is 26.3 Å². The minimum atomic E-state index is -0.390. The van der Waals surface area contributed by atoms with Crippen molar-refractivity contribution in [3.05, 3.63) is 57.0 Å². The summed E-state index contributed by atoms with van der Waals surface area (Å²) in [6.07, 6.45) is 1.48. The molecule has 0 unspecified atom stereocenters. The topological polar surface area (TPSA) is 59.9 Å². The molecule has 0 aromatic heterocycles. The van der Waals surface area contributed by atoms with E-state index in [9.17, 15) is 4.79 Å². The first-order valence-corrected chi connectivity index (χ1v) is 7.73. The van der Waals surface area contributed by atoms with E-state index < -0.39 is 5.91 Å². The number of hydrogen-bond donors (Lipinski definition) is 1. The van der Waals surface area contributed by atoms with Gasteiger partial charge in [-0.2, -0.15) is 5.10 Å². The number of hydrogen-bond acceptors (Lipinski definition) is 4. The number of carbonyl (C=O) groups excluding carboxylic acids is 1. The van der Waals surface area contributed by atoms with Crippen molar-refractivity contribution in [3.8, 4) is 11.5 Å². The molecule has 2 aromatic carbocycles. The van der Waals surface area contributed by atoms with Gasteiger partial charge in [0.25, 0.3) is 5.91 Å². The highest BCUT2D eigenvalue weighted by Crippen LogP contribution is 2.31. The maximum Gasteiger partial charge on any atom is 0.272 e. The summed E-state index contributed by atoms with van der Waals surface area (Å²) in [5, 5.41) is 4.31. The molecule has 0 fully saturated rings. The number of ether oxygens (including phenoxy) is 2. The zero-order valence-electron chi connectivity index (χ0n) is 12.5. The van der Waals surface area contributed by atoms with E-state index in [1.165, 1.54) is 6.21 Å². The van der Waals surface area contributed by atoms with E-state index in [2.05, 4.69) is 26.5 Å². The second kappa shape index (κ2) is 7.99. The molecule has 1 N–H and O–H groups in total. The highest BCUT2D eigenvalue weighted by atomic mass is 79.9. The average Bonchev–Trinajstić information content (AvgIpc) is 2.55. The summed E-state index contributed by atoms with van der Waals surface area (Å²) in [6, 6.07) is 10.3. The number of amides is 1. The van der Waals surface area contributed by atoms with Crippen molar-refractivity contribution in [2.75, 3.05) is 14.2 Å². The SMILES string of the molecule is COc1cc(OC)c(/C=N\NC(=O)c2ccccc2Cl)cc1Br. The van der Waals surface area contributed by atoms with Crippen LogP contribution in [0.2, 0.25) is 5.02 Å². The lowest BCUT2D eigenvalue weighted by atomic mass is 10.2. The van der Waals surface area contributed by atoms with E-state index in [0.29, 0.717) is 27.6 Å². The quantitative estimate of drug-likeness (QED) is 0.615. The number of nitrogens with one attached hydrogen (secondary N) is 1. The number of halogens is 2. The number of rotatable bonds is 5. The highest BCUT2D eigenvalue weighted by Gasteiger charge is 2.10. The van der Waals surface area contributed by atoms with Crippen molar-refractivity contribution in [1.82, 2.24) is 5.43 Å². The predicted octanol–water partition coefficient (Wildman–Crippen LogP) is 3.88. The Balaban J connectivity index is 2.16. The predicted molar refractivity (Wildman–Crippen MR) is 93.8 cm³/mol. The summed E-state index contributed by atoms with van der Waals surface area (Å²) in [4.78, 5) is 12.0. The molecule has 120 valence electrons. The normalized spacial score (nSPS) is 10.6. The van der Waals surface area contributed by atoms with Gasteiger partial charge in [0.15, 0.2) is 0 Å². The molecule has 0 heterocycles. The fourth-order valence-electron chi connectivity index (χ4n) is 1.85. The summed E-state index contributed by atoms with van der Waals surface area (Å²) in [5.41, 5.74) is 3.47. The summed E-state index contributed by atoms with van der Waals surface area (Å²) in [6.45, 7) is 0. The van der Waals surface area contributed by atoms with Crippen LogP contribution in [0.15, 0.2) is 46.0 Å². The molecular formula is C16H14BrClN2O3. The monoisotopic (exact) mass is 396 g/mol. The van der Waals surface area contributed by atoms with Gasteiger partial charge in [0.05, 0.1) is 35.5 Å². The number of hydrazone groups is 1. The Morgan fingerprint density at radius 1 is 1.22 bits per heavy atom. The number of carbonyl (C=O) groups is 1. The Hall–Kier alpha value is -2.05. The molecular weight excluding hydrogens is 384 g/mol. The first-order chi connectivity index (χ1) is 11.1. The summed E-state index contributed by atoms with van der Waals surface area (Å²) < 4.78 is 11.2. The third-order valence-corrected chi connectivity index (χ3v) is 3.94. The van der Waals surface area contributed by atoms with E-state index in [1.807, 2.05) is 0 Å². The zero-order valence-corrected chi connectivity index (χ0v) is 14.8. The maximum absolute atomic E-state index is 12.0. The number of methoxy groups -OCH3 is 2. The lowest BCUT2D eigenvalue weighted by molar-refractivity contribution is 0.0955. The molecule has 0 bridgehead atoms. The third kappa shape index (κ3) is 4.24. The first kappa shape index (κ1) is 17.3. The Morgan fingerprint density at radius 3 is 2.57 bits per heavy atom. The summed E-state index contributed by atoms with van der Waals surface area (Å²) >= 11 is 9.35. The fourth-order valence-corrected chi connectivity index (χ4v) is 2.59. The molecule has 0 spiro atoms. The Morgan fingerprint density at radius 2 is 1.91 bits per heavy atom. The average molecular weight is 398 g/mol. The number of nitrogens with zero attached hydrogens (tertiary/aromatic N) is 1. The highest BCUT2D eigenvalue weighted by molar-refractivity contribution is 9.10. The molecule has 1 amide bonds. The van der Waals surface area contributed by atoms with Crippen molar-refractivity contribution in [2.24, 2.45) is 5.10 Å². The van der Waals surface area contributed by atoms with Crippen molar-refractivity contribution >= 4 is 39.7 Å². The second-order valence-corrected chi connectivity index (χ2v) is 5.67. The van der Waals surface area contributed by atoms with Crippen LogP contribution in [0.3, 0.4) is 0 Å². The van der Waals surface area contributed by atoms with Gasteiger partial charge in [-0.05, 0) is 34.1 Å². The van der Waals surface area contributed by atoms with Gasteiger partial charge in [-0.25, -0.2) is 5.43 Å². The lowest BCUT2D eigenvalue weighted by Gasteiger charge is -2.09.